The Balaban J connectivity index is 1.88. The Morgan fingerprint density at radius 3 is 2.68 bits per heavy atom. The van der Waals surface area contributed by atoms with Crippen molar-refractivity contribution < 1.29 is 0 Å². The molecule has 1 N–H and O–H groups in total. The first-order valence-electron chi connectivity index (χ1n) is 6.92. The summed E-state index contributed by atoms with van der Waals surface area (Å²) in [6.07, 6.45) is 1.17. The molecule has 3 rings (SSSR count). The standard InChI is InChI=1S/C17H20N2/c1-18-12-16-9-5-8-15-10-11-19(17(15)16)13-14-6-3-2-4-7-14/h2-9,18H,10-13H2,1H3. The zero-order chi connectivity index (χ0) is 13.1. The maximum atomic E-state index is 3.27. The quantitative estimate of drug-likeness (QED) is 0.900. The lowest BCUT2D eigenvalue weighted by atomic mass is 10.1. The van der Waals surface area contributed by atoms with Crippen LogP contribution in [0.25, 0.3) is 0 Å². The van der Waals surface area contributed by atoms with Crippen LogP contribution in [-0.2, 0) is 19.5 Å². The molecule has 98 valence electrons. The SMILES string of the molecule is CNCc1cccc2c1N(Cc1ccccc1)CC2. The Kier molecular flexibility index (Phi) is 3.51. The molecule has 2 heteroatoms. The molecular weight excluding hydrogens is 232 g/mol. The summed E-state index contributed by atoms with van der Waals surface area (Å²) in [5.74, 6) is 0. The van der Waals surface area contributed by atoms with Crippen LogP contribution in [0.2, 0.25) is 0 Å². The van der Waals surface area contributed by atoms with Gasteiger partial charge in [-0.3, -0.25) is 0 Å². The summed E-state index contributed by atoms with van der Waals surface area (Å²) in [5.41, 5.74) is 5.73. The monoisotopic (exact) mass is 252 g/mol. The molecular formula is C17H20N2. The average molecular weight is 252 g/mol. The molecule has 0 atom stereocenters. The number of rotatable bonds is 4. The lowest BCUT2D eigenvalue weighted by Crippen LogP contribution is -2.21. The van der Waals surface area contributed by atoms with Gasteiger partial charge in [-0.2, -0.15) is 0 Å². The molecule has 0 spiro atoms. The first kappa shape index (κ1) is 12.2. The minimum absolute atomic E-state index is 0.939. The Labute approximate surface area is 115 Å². The van der Waals surface area contributed by atoms with Crippen molar-refractivity contribution in [1.29, 1.82) is 0 Å². The van der Waals surface area contributed by atoms with E-state index in [9.17, 15) is 0 Å². The van der Waals surface area contributed by atoms with Crippen LogP contribution in [0.1, 0.15) is 16.7 Å². The van der Waals surface area contributed by atoms with Gasteiger partial charge in [-0.25, -0.2) is 0 Å². The normalized spacial score (nSPS) is 13.6. The Morgan fingerprint density at radius 1 is 1.05 bits per heavy atom. The van der Waals surface area contributed by atoms with E-state index in [-0.39, 0.29) is 0 Å². The summed E-state index contributed by atoms with van der Waals surface area (Å²) < 4.78 is 0. The van der Waals surface area contributed by atoms with Crippen LogP contribution >= 0.6 is 0 Å². The van der Waals surface area contributed by atoms with Crippen LogP contribution in [0.15, 0.2) is 48.5 Å². The fourth-order valence-electron chi connectivity index (χ4n) is 2.91. The van der Waals surface area contributed by atoms with Gasteiger partial charge >= 0.3 is 0 Å². The van der Waals surface area contributed by atoms with Crippen molar-refractivity contribution in [2.24, 2.45) is 0 Å². The predicted octanol–water partition coefficient (Wildman–Crippen LogP) is 2.97. The highest BCUT2D eigenvalue weighted by molar-refractivity contribution is 5.63. The van der Waals surface area contributed by atoms with Gasteiger partial charge in [-0.15, -0.1) is 0 Å². The van der Waals surface area contributed by atoms with Crippen molar-refractivity contribution >= 4 is 5.69 Å². The van der Waals surface area contributed by atoms with E-state index >= 15 is 0 Å². The molecule has 0 fully saturated rings. The fourth-order valence-corrected chi connectivity index (χ4v) is 2.91. The Hall–Kier alpha value is -1.80. The highest BCUT2D eigenvalue weighted by atomic mass is 15.1. The van der Waals surface area contributed by atoms with Crippen LogP contribution in [0.3, 0.4) is 0 Å². The molecule has 0 amide bonds. The molecule has 2 aromatic carbocycles. The van der Waals surface area contributed by atoms with Gasteiger partial charge in [0, 0.05) is 25.3 Å². The largest absolute Gasteiger partial charge is 0.366 e. The first-order valence-corrected chi connectivity index (χ1v) is 6.92. The summed E-state index contributed by atoms with van der Waals surface area (Å²) in [4.78, 5) is 2.51. The van der Waals surface area contributed by atoms with Gasteiger partial charge in [0.1, 0.15) is 0 Å². The van der Waals surface area contributed by atoms with Gasteiger partial charge in [0.25, 0.3) is 0 Å². The van der Waals surface area contributed by atoms with E-state index in [0.717, 1.165) is 19.6 Å². The second-order valence-corrected chi connectivity index (χ2v) is 5.11. The van der Waals surface area contributed by atoms with Gasteiger partial charge in [0.15, 0.2) is 0 Å². The van der Waals surface area contributed by atoms with Crippen molar-refractivity contribution in [1.82, 2.24) is 5.32 Å². The summed E-state index contributed by atoms with van der Waals surface area (Å²) in [6, 6.07) is 17.4. The van der Waals surface area contributed by atoms with Gasteiger partial charge < -0.3 is 10.2 Å². The first-order chi connectivity index (χ1) is 9.38. The lowest BCUT2D eigenvalue weighted by molar-refractivity contribution is 0.795. The maximum absolute atomic E-state index is 3.27. The Bertz CT molecular complexity index is 548. The van der Waals surface area contributed by atoms with Crippen LogP contribution < -0.4 is 10.2 Å². The van der Waals surface area contributed by atoms with Gasteiger partial charge in [-0.1, -0.05) is 48.5 Å². The van der Waals surface area contributed by atoms with Crippen molar-refractivity contribution in [2.75, 3.05) is 18.5 Å². The molecule has 19 heavy (non-hydrogen) atoms. The maximum Gasteiger partial charge on any atom is 0.0448 e. The zero-order valence-corrected chi connectivity index (χ0v) is 11.4. The van der Waals surface area contributed by atoms with Crippen molar-refractivity contribution in [3.63, 3.8) is 0 Å². The van der Waals surface area contributed by atoms with Crippen LogP contribution in [0, 0.1) is 0 Å². The van der Waals surface area contributed by atoms with Gasteiger partial charge in [0.2, 0.25) is 0 Å². The fraction of sp³-hybridized carbons (Fsp3) is 0.294. The number of hydrogen-bond acceptors (Lipinski definition) is 2. The topological polar surface area (TPSA) is 15.3 Å². The number of anilines is 1. The van der Waals surface area contributed by atoms with Gasteiger partial charge in [0.05, 0.1) is 0 Å². The summed E-state index contributed by atoms with van der Waals surface area (Å²) in [7, 11) is 2.01. The van der Waals surface area contributed by atoms with Gasteiger partial charge in [-0.05, 0) is 30.2 Å². The lowest BCUT2D eigenvalue weighted by Gasteiger charge is -2.22. The predicted molar refractivity (Wildman–Crippen MR) is 80.4 cm³/mol. The van der Waals surface area contributed by atoms with E-state index in [1.807, 2.05) is 7.05 Å². The molecule has 0 bridgehead atoms. The molecule has 0 aromatic heterocycles. The molecule has 1 aliphatic rings. The van der Waals surface area contributed by atoms with Crippen molar-refractivity contribution in [2.45, 2.75) is 19.5 Å². The third kappa shape index (κ3) is 2.49. The molecule has 2 aromatic rings. The van der Waals surface area contributed by atoms with Crippen LogP contribution in [0.4, 0.5) is 5.69 Å². The zero-order valence-electron chi connectivity index (χ0n) is 11.4. The third-order valence-electron chi connectivity index (χ3n) is 3.75. The molecule has 1 aliphatic heterocycles. The summed E-state index contributed by atoms with van der Waals surface area (Å²) in [5, 5.41) is 3.27. The van der Waals surface area contributed by atoms with Crippen molar-refractivity contribution in [3.8, 4) is 0 Å². The molecule has 2 nitrogen and oxygen atoms in total. The Morgan fingerprint density at radius 2 is 1.89 bits per heavy atom. The summed E-state index contributed by atoms with van der Waals surface area (Å²) >= 11 is 0. The number of fused-ring (bicyclic) bond motifs is 1. The minimum atomic E-state index is 0.939. The van der Waals surface area contributed by atoms with Crippen LogP contribution in [0.5, 0.6) is 0 Å². The van der Waals surface area contributed by atoms with E-state index in [0.29, 0.717) is 0 Å². The summed E-state index contributed by atoms with van der Waals surface area (Å²) in [6.45, 7) is 3.08. The number of nitrogens with zero attached hydrogens (tertiary/aromatic N) is 1. The van der Waals surface area contributed by atoms with E-state index < -0.39 is 0 Å². The highest BCUT2D eigenvalue weighted by Gasteiger charge is 2.21. The molecule has 0 aliphatic carbocycles. The smallest absolute Gasteiger partial charge is 0.0448 e. The second kappa shape index (κ2) is 5.45. The minimum Gasteiger partial charge on any atom is -0.366 e. The molecule has 0 saturated carbocycles. The number of para-hydroxylation sites is 1. The van der Waals surface area contributed by atoms with E-state index in [4.69, 9.17) is 0 Å². The van der Waals surface area contributed by atoms with E-state index in [2.05, 4.69) is 58.7 Å². The number of nitrogens with one attached hydrogen (secondary N) is 1. The van der Waals surface area contributed by atoms with Crippen LogP contribution in [-0.4, -0.2) is 13.6 Å². The molecule has 0 unspecified atom stereocenters. The number of hydrogen-bond donors (Lipinski definition) is 1. The molecule has 0 radical (unpaired) electrons. The number of benzene rings is 2. The van der Waals surface area contributed by atoms with E-state index in [1.54, 1.807) is 0 Å². The molecule has 1 heterocycles. The second-order valence-electron chi connectivity index (χ2n) is 5.11. The van der Waals surface area contributed by atoms with E-state index in [1.165, 1.54) is 28.8 Å². The highest BCUT2D eigenvalue weighted by Crippen LogP contribution is 2.32. The molecule has 0 saturated heterocycles. The third-order valence-corrected chi connectivity index (χ3v) is 3.75. The average Bonchev–Trinajstić information content (AvgIpc) is 2.85. The van der Waals surface area contributed by atoms with Crippen molar-refractivity contribution in [3.05, 3.63) is 65.2 Å².